The molecule has 0 spiro atoms. The number of thioether (sulfide) groups is 1. The smallest absolute Gasteiger partial charge is 0.305 e. The van der Waals surface area contributed by atoms with Gasteiger partial charge in [0.25, 0.3) is 5.91 Å². The van der Waals surface area contributed by atoms with Gasteiger partial charge >= 0.3 is 4.87 Å². The SMILES string of the molecule is Cc1ccc(NC(=O)COc2cccc(C3c4sc(=O)[nH]c4SC4C(=O)N(c5ccc(Cl)cc5)C(=O)C43)c2)cc1. The van der Waals surface area contributed by atoms with E-state index in [4.69, 9.17) is 16.3 Å². The van der Waals surface area contributed by atoms with E-state index in [1.54, 1.807) is 42.5 Å². The molecule has 3 aromatic carbocycles. The standard InChI is InChI=1S/C29H22ClN3O5S2/c1-15-5-9-18(10-6-15)31-21(34)14-38-20-4-2-3-16(13-20)22-23-25(39-26-24(22)40-29(37)32-26)28(36)33(27(23)35)19-11-7-17(30)8-12-19/h2-13,22-23,25H,14H2,1H3,(H,31,34)(H,32,37). The summed E-state index contributed by atoms with van der Waals surface area (Å²) in [6.45, 7) is 1.75. The van der Waals surface area contributed by atoms with Crippen LogP contribution in [0.4, 0.5) is 11.4 Å². The first kappa shape index (κ1) is 26.4. The van der Waals surface area contributed by atoms with E-state index in [0.29, 0.717) is 37.6 Å². The number of ether oxygens (including phenoxy) is 1. The van der Waals surface area contributed by atoms with Crippen LogP contribution in [-0.2, 0) is 14.4 Å². The molecule has 8 nitrogen and oxygen atoms in total. The second-order valence-corrected chi connectivity index (χ2v) is 12.1. The monoisotopic (exact) mass is 591 g/mol. The van der Waals surface area contributed by atoms with E-state index < -0.39 is 17.1 Å². The first-order chi connectivity index (χ1) is 19.3. The Morgan fingerprint density at radius 1 is 1.02 bits per heavy atom. The number of nitrogens with one attached hydrogen (secondary N) is 2. The first-order valence-corrected chi connectivity index (χ1v) is 14.5. The number of imide groups is 1. The minimum absolute atomic E-state index is 0.214. The molecular weight excluding hydrogens is 570 g/mol. The van der Waals surface area contributed by atoms with Crippen molar-refractivity contribution in [3.63, 3.8) is 0 Å². The number of anilines is 2. The average Bonchev–Trinajstić information content (AvgIpc) is 3.43. The Morgan fingerprint density at radius 2 is 1.77 bits per heavy atom. The van der Waals surface area contributed by atoms with Crippen LogP contribution in [0.2, 0.25) is 5.02 Å². The van der Waals surface area contributed by atoms with Gasteiger partial charge in [0.15, 0.2) is 6.61 Å². The van der Waals surface area contributed by atoms with Gasteiger partial charge in [0, 0.05) is 21.5 Å². The number of rotatable bonds is 6. The lowest BCUT2D eigenvalue weighted by Crippen LogP contribution is -2.32. The normalized spacial score (nSPS) is 19.8. The molecule has 3 unspecified atom stereocenters. The van der Waals surface area contributed by atoms with Crippen LogP contribution in [0.25, 0.3) is 0 Å². The van der Waals surface area contributed by atoms with Gasteiger partial charge in [-0.25, -0.2) is 4.90 Å². The third kappa shape index (κ3) is 4.94. The lowest BCUT2D eigenvalue weighted by molar-refractivity contribution is -0.122. The third-order valence-corrected chi connectivity index (χ3v) is 9.48. The molecule has 40 heavy (non-hydrogen) atoms. The second-order valence-electron chi connectivity index (χ2n) is 9.51. The molecule has 1 saturated heterocycles. The van der Waals surface area contributed by atoms with Crippen LogP contribution in [0.3, 0.4) is 0 Å². The van der Waals surface area contributed by atoms with E-state index in [-0.39, 0.29) is 29.2 Å². The Hall–Kier alpha value is -3.86. The van der Waals surface area contributed by atoms with Gasteiger partial charge < -0.3 is 15.0 Å². The highest BCUT2D eigenvalue weighted by atomic mass is 35.5. The lowest BCUT2D eigenvalue weighted by Gasteiger charge is -2.30. The highest BCUT2D eigenvalue weighted by Gasteiger charge is 2.56. The van der Waals surface area contributed by atoms with Crippen molar-refractivity contribution >= 4 is 63.8 Å². The van der Waals surface area contributed by atoms with Gasteiger partial charge in [-0.15, -0.1) is 0 Å². The fourth-order valence-corrected chi connectivity index (χ4v) is 7.64. The molecule has 0 bridgehead atoms. The van der Waals surface area contributed by atoms with Crippen LogP contribution >= 0.6 is 34.7 Å². The molecule has 3 heterocycles. The minimum Gasteiger partial charge on any atom is -0.484 e. The van der Waals surface area contributed by atoms with E-state index >= 15 is 0 Å². The topological polar surface area (TPSA) is 109 Å². The quantitative estimate of drug-likeness (QED) is 0.298. The van der Waals surface area contributed by atoms with Crippen LogP contribution in [0, 0.1) is 12.8 Å². The van der Waals surface area contributed by atoms with Crippen LogP contribution < -0.4 is 19.8 Å². The fraction of sp³-hybridized carbons (Fsp3) is 0.172. The summed E-state index contributed by atoms with van der Waals surface area (Å²) < 4.78 is 5.79. The number of carbonyl (C=O) groups excluding carboxylic acids is 3. The highest BCUT2D eigenvalue weighted by molar-refractivity contribution is 8.00. The van der Waals surface area contributed by atoms with Crippen LogP contribution in [0.15, 0.2) is 82.6 Å². The van der Waals surface area contributed by atoms with Gasteiger partial charge in [0.1, 0.15) is 11.0 Å². The summed E-state index contributed by atoms with van der Waals surface area (Å²) in [5, 5.41) is 3.17. The van der Waals surface area contributed by atoms with Crippen LogP contribution in [0.5, 0.6) is 5.75 Å². The maximum Gasteiger partial charge on any atom is 0.305 e. The van der Waals surface area contributed by atoms with Gasteiger partial charge in [-0.1, -0.05) is 64.5 Å². The molecule has 0 aliphatic carbocycles. The number of nitrogens with zero attached hydrogens (tertiary/aromatic N) is 1. The molecule has 3 atom stereocenters. The van der Waals surface area contributed by atoms with E-state index in [1.165, 1.54) is 16.7 Å². The number of amides is 3. The van der Waals surface area contributed by atoms with E-state index in [1.807, 2.05) is 37.3 Å². The van der Waals surface area contributed by atoms with Gasteiger partial charge in [0.05, 0.1) is 16.6 Å². The van der Waals surface area contributed by atoms with Crippen molar-refractivity contribution in [2.24, 2.45) is 5.92 Å². The minimum atomic E-state index is -0.729. The highest BCUT2D eigenvalue weighted by Crippen LogP contribution is 2.53. The number of hydrogen-bond donors (Lipinski definition) is 2. The Kier molecular flexibility index (Phi) is 6.99. The summed E-state index contributed by atoms with van der Waals surface area (Å²) in [6.07, 6.45) is 0. The van der Waals surface area contributed by atoms with Gasteiger partial charge in [0.2, 0.25) is 11.8 Å². The second kappa shape index (κ2) is 10.6. The summed E-state index contributed by atoms with van der Waals surface area (Å²) in [4.78, 5) is 56.6. The Balaban J connectivity index is 1.28. The number of hydrogen-bond acceptors (Lipinski definition) is 7. The van der Waals surface area contributed by atoms with Crippen molar-refractivity contribution in [1.29, 1.82) is 0 Å². The largest absolute Gasteiger partial charge is 0.484 e. The van der Waals surface area contributed by atoms with E-state index in [2.05, 4.69) is 10.3 Å². The number of thiazole rings is 1. The van der Waals surface area contributed by atoms with Gasteiger partial charge in [-0.2, -0.15) is 0 Å². The van der Waals surface area contributed by atoms with Crippen molar-refractivity contribution in [3.8, 4) is 5.75 Å². The molecule has 0 radical (unpaired) electrons. The van der Waals surface area contributed by atoms with E-state index in [9.17, 15) is 19.2 Å². The molecule has 1 fully saturated rings. The molecule has 202 valence electrons. The molecule has 3 amide bonds. The number of carbonyl (C=O) groups is 3. The Bertz CT molecular complexity index is 1680. The fourth-order valence-electron chi connectivity index (χ4n) is 5.00. The zero-order chi connectivity index (χ0) is 28.0. The molecule has 2 aliphatic heterocycles. The summed E-state index contributed by atoms with van der Waals surface area (Å²) in [7, 11) is 0. The van der Waals surface area contributed by atoms with Crippen LogP contribution in [-0.4, -0.2) is 34.6 Å². The summed E-state index contributed by atoms with van der Waals surface area (Å²) in [6, 6.07) is 21.1. The van der Waals surface area contributed by atoms with Gasteiger partial charge in [-0.05, 0) is 61.0 Å². The molecule has 6 rings (SSSR count). The molecule has 0 saturated carbocycles. The predicted octanol–water partition coefficient (Wildman–Crippen LogP) is 5.21. The zero-order valence-corrected chi connectivity index (χ0v) is 23.4. The molecule has 4 aromatic rings. The molecular formula is C29H22ClN3O5S2. The number of fused-ring (bicyclic) bond motifs is 2. The Labute approximate surface area is 242 Å². The summed E-state index contributed by atoms with van der Waals surface area (Å²) in [5.41, 5.74) is 2.91. The third-order valence-electron chi connectivity index (χ3n) is 6.83. The molecule has 1 aromatic heterocycles. The van der Waals surface area contributed by atoms with Crippen molar-refractivity contribution in [2.75, 3.05) is 16.8 Å². The zero-order valence-electron chi connectivity index (χ0n) is 21.1. The summed E-state index contributed by atoms with van der Waals surface area (Å²) >= 11 is 8.27. The molecule has 2 aliphatic rings. The molecule has 11 heteroatoms. The van der Waals surface area contributed by atoms with E-state index in [0.717, 1.165) is 16.9 Å². The van der Waals surface area contributed by atoms with Crippen molar-refractivity contribution in [2.45, 2.75) is 23.1 Å². The molecule has 2 N–H and O–H groups in total. The summed E-state index contributed by atoms with van der Waals surface area (Å²) in [5.74, 6) is -1.85. The Morgan fingerprint density at radius 3 is 2.52 bits per heavy atom. The number of aromatic nitrogens is 1. The lowest BCUT2D eigenvalue weighted by atomic mass is 9.83. The number of halogens is 1. The average molecular weight is 592 g/mol. The predicted molar refractivity (Wildman–Crippen MR) is 156 cm³/mol. The van der Waals surface area contributed by atoms with Crippen LogP contribution in [0.1, 0.15) is 21.9 Å². The number of benzene rings is 3. The number of aryl methyl sites for hydroxylation is 1. The number of aromatic amines is 1. The maximum absolute atomic E-state index is 13.8. The van der Waals surface area contributed by atoms with Crippen molar-refractivity contribution < 1.29 is 19.1 Å². The number of H-pyrrole nitrogens is 1. The van der Waals surface area contributed by atoms with Crippen molar-refractivity contribution in [3.05, 3.63) is 103 Å². The first-order valence-electron chi connectivity index (χ1n) is 12.4. The van der Waals surface area contributed by atoms with Crippen molar-refractivity contribution in [1.82, 2.24) is 4.98 Å². The van der Waals surface area contributed by atoms with Gasteiger partial charge in [-0.3, -0.25) is 19.2 Å². The maximum atomic E-state index is 13.8.